The van der Waals surface area contributed by atoms with Crippen LogP contribution >= 0.6 is 0 Å². The Morgan fingerprint density at radius 3 is 2.63 bits per heavy atom. The number of aromatic nitrogens is 2. The number of aryl methyl sites for hydroxylation is 2. The van der Waals surface area contributed by atoms with Gasteiger partial charge in [0.05, 0.1) is 10.6 Å². The molecule has 2 aromatic rings. The average Bonchev–Trinajstić information content (AvgIpc) is 2.93. The molecule has 1 aromatic carbocycles. The maximum Gasteiger partial charge on any atom is 0.333 e. The predicted octanol–water partition coefficient (Wildman–Crippen LogP) is 2.40. The number of nitro groups is 1. The summed E-state index contributed by atoms with van der Waals surface area (Å²) in [5, 5.41) is 18.4. The zero-order valence-corrected chi connectivity index (χ0v) is 15.7. The molecule has 146 valence electrons. The lowest BCUT2D eigenvalue weighted by molar-refractivity contribution is -0.384. The Morgan fingerprint density at radius 2 is 1.96 bits per heavy atom. The van der Waals surface area contributed by atoms with E-state index in [-0.39, 0.29) is 11.5 Å². The number of hydrogen-bond donors (Lipinski definition) is 1. The van der Waals surface area contributed by atoms with Crippen LogP contribution in [0.4, 0.5) is 21.6 Å². The number of nitrogens with one attached hydrogen (secondary N) is 1. The van der Waals surface area contributed by atoms with Crippen LogP contribution < -0.4 is 10.2 Å². The van der Waals surface area contributed by atoms with Gasteiger partial charge in [0.25, 0.3) is 0 Å². The van der Waals surface area contributed by atoms with Gasteiger partial charge in [0.1, 0.15) is 11.5 Å². The second-order valence-electron chi connectivity index (χ2n) is 6.72. The van der Waals surface area contributed by atoms with Crippen molar-refractivity contribution < 1.29 is 9.31 Å². The molecule has 0 atom stereocenters. The highest BCUT2D eigenvalue weighted by Crippen LogP contribution is 2.27. The number of hydrogen-bond acceptors (Lipinski definition) is 6. The quantitative estimate of drug-likeness (QED) is 0.454. The van der Waals surface area contributed by atoms with Crippen molar-refractivity contribution >= 4 is 17.2 Å². The molecule has 3 rings (SSSR count). The Labute approximate surface area is 157 Å². The van der Waals surface area contributed by atoms with E-state index in [2.05, 4.69) is 20.2 Å². The van der Waals surface area contributed by atoms with Gasteiger partial charge in [0, 0.05) is 39.8 Å². The van der Waals surface area contributed by atoms with Crippen LogP contribution in [0.2, 0.25) is 0 Å². The largest absolute Gasteiger partial charge is 0.367 e. The molecule has 1 aliphatic rings. The third-order valence-electron chi connectivity index (χ3n) is 4.88. The van der Waals surface area contributed by atoms with E-state index in [1.807, 2.05) is 12.1 Å². The van der Waals surface area contributed by atoms with E-state index >= 15 is 0 Å². The lowest BCUT2D eigenvalue weighted by atomic mass is 10.2. The van der Waals surface area contributed by atoms with E-state index in [9.17, 15) is 14.5 Å². The normalized spacial score (nSPS) is 15.1. The number of para-hydroxylation sites is 1. The van der Waals surface area contributed by atoms with Gasteiger partial charge in [-0.05, 0) is 32.0 Å². The molecule has 9 heteroatoms. The fraction of sp³-hybridized carbons (Fsp3) is 0.500. The summed E-state index contributed by atoms with van der Waals surface area (Å²) < 4.78 is 15.4. The van der Waals surface area contributed by atoms with Gasteiger partial charge in [-0.1, -0.05) is 12.1 Å². The van der Waals surface area contributed by atoms with Crippen molar-refractivity contribution in [1.82, 2.24) is 14.7 Å². The SMILES string of the molecule is Cc1nn(C)c(NCCCN2CCN(c3ccccc3F)CC2)c1[N+](=O)[O-]. The highest BCUT2D eigenvalue weighted by atomic mass is 19.1. The van der Waals surface area contributed by atoms with E-state index in [0.29, 0.717) is 23.7 Å². The van der Waals surface area contributed by atoms with Crippen molar-refractivity contribution in [3.05, 3.63) is 45.9 Å². The standard InChI is InChI=1S/C18H25FN6O2/c1-14-17(25(26)27)18(22(2)21-14)20-8-5-9-23-10-12-24(13-11-23)16-7-4-3-6-15(16)19/h3-4,6-7,20H,5,8-13H2,1-2H3. The average molecular weight is 376 g/mol. The molecule has 0 amide bonds. The van der Waals surface area contributed by atoms with Crippen molar-refractivity contribution in [1.29, 1.82) is 0 Å². The van der Waals surface area contributed by atoms with Crippen LogP contribution in [-0.2, 0) is 7.05 Å². The first-order chi connectivity index (χ1) is 13.0. The van der Waals surface area contributed by atoms with E-state index in [4.69, 9.17) is 0 Å². The molecule has 2 heterocycles. The van der Waals surface area contributed by atoms with Crippen molar-refractivity contribution in [3.63, 3.8) is 0 Å². The zero-order valence-electron chi connectivity index (χ0n) is 15.7. The fourth-order valence-corrected chi connectivity index (χ4v) is 3.49. The lowest BCUT2D eigenvalue weighted by Gasteiger charge is -2.36. The molecule has 0 spiro atoms. The van der Waals surface area contributed by atoms with Crippen LogP contribution in [0.3, 0.4) is 0 Å². The van der Waals surface area contributed by atoms with Crippen LogP contribution in [0.25, 0.3) is 0 Å². The molecule has 1 fully saturated rings. The number of halogens is 1. The van der Waals surface area contributed by atoms with Gasteiger partial charge in [-0.3, -0.25) is 15.0 Å². The number of benzene rings is 1. The molecule has 8 nitrogen and oxygen atoms in total. The minimum Gasteiger partial charge on any atom is -0.367 e. The summed E-state index contributed by atoms with van der Waals surface area (Å²) in [6, 6.07) is 6.87. The van der Waals surface area contributed by atoms with Crippen LogP contribution in [0, 0.1) is 22.9 Å². The lowest BCUT2D eigenvalue weighted by Crippen LogP contribution is -2.47. The molecule has 1 aliphatic heterocycles. The second kappa shape index (κ2) is 8.34. The molecule has 0 bridgehead atoms. The maximum atomic E-state index is 13.9. The monoisotopic (exact) mass is 376 g/mol. The van der Waals surface area contributed by atoms with Gasteiger partial charge in [0.15, 0.2) is 0 Å². The summed E-state index contributed by atoms with van der Waals surface area (Å²) in [6.07, 6.45) is 0.862. The summed E-state index contributed by atoms with van der Waals surface area (Å²) in [7, 11) is 1.70. The molecule has 27 heavy (non-hydrogen) atoms. The predicted molar refractivity (Wildman–Crippen MR) is 103 cm³/mol. The van der Waals surface area contributed by atoms with Crippen molar-refractivity contribution in [3.8, 4) is 0 Å². The summed E-state index contributed by atoms with van der Waals surface area (Å²) in [6.45, 7) is 6.49. The first-order valence-electron chi connectivity index (χ1n) is 9.11. The van der Waals surface area contributed by atoms with Gasteiger partial charge < -0.3 is 10.2 Å². The molecule has 0 aliphatic carbocycles. The third kappa shape index (κ3) is 4.36. The summed E-state index contributed by atoms with van der Waals surface area (Å²) in [4.78, 5) is 15.2. The van der Waals surface area contributed by atoms with E-state index < -0.39 is 4.92 Å². The van der Waals surface area contributed by atoms with Crippen LogP contribution in [-0.4, -0.2) is 58.9 Å². The van der Waals surface area contributed by atoms with Crippen LogP contribution in [0.15, 0.2) is 24.3 Å². The van der Waals surface area contributed by atoms with Crippen LogP contribution in [0.1, 0.15) is 12.1 Å². The van der Waals surface area contributed by atoms with E-state index in [1.165, 1.54) is 10.7 Å². The smallest absolute Gasteiger partial charge is 0.333 e. The van der Waals surface area contributed by atoms with Crippen LogP contribution in [0.5, 0.6) is 0 Å². The molecule has 1 N–H and O–H groups in total. The Balaban J connectivity index is 1.44. The molecule has 1 saturated heterocycles. The zero-order chi connectivity index (χ0) is 19.4. The van der Waals surface area contributed by atoms with E-state index in [1.54, 1.807) is 20.0 Å². The first kappa shape index (κ1) is 19.1. The Kier molecular flexibility index (Phi) is 5.90. The summed E-state index contributed by atoms with van der Waals surface area (Å²) >= 11 is 0. The summed E-state index contributed by atoms with van der Waals surface area (Å²) in [5.41, 5.74) is 1.11. The minimum atomic E-state index is -0.396. The second-order valence-corrected chi connectivity index (χ2v) is 6.72. The fourth-order valence-electron chi connectivity index (χ4n) is 3.49. The van der Waals surface area contributed by atoms with Gasteiger partial charge in [-0.15, -0.1) is 0 Å². The van der Waals surface area contributed by atoms with Gasteiger partial charge >= 0.3 is 5.69 Å². The summed E-state index contributed by atoms with van der Waals surface area (Å²) in [5.74, 6) is 0.269. The molecule has 0 unspecified atom stereocenters. The highest BCUT2D eigenvalue weighted by Gasteiger charge is 2.23. The third-order valence-corrected chi connectivity index (χ3v) is 4.88. The topological polar surface area (TPSA) is 79.5 Å². The first-order valence-corrected chi connectivity index (χ1v) is 9.11. The Morgan fingerprint density at radius 1 is 1.26 bits per heavy atom. The van der Waals surface area contributed by atoms with Gasteiger partial charge in [-0.2, -0.15) is 5.10 Å². The molecular weight excluding hydrogens is 351 g/mol. The Bertz CT molecular complexity index is 801. The molecule has 0 saturated carbocycles. The minimum absolute atomic E-state index is 0.0380. The van der Waals surface area contributed by atoms with Crippen molar-refractivity contribution in [2.45, 2.75) is 13.3 Å². The number of rotatable bonds is 7. The van der Waals surface area contributed by atoms with E-state index in [0.717, 1.165) is 39.1 Å². The maximum absolute atomic E-state index is 13.9. The van der Waals surface area contributed by atoms with Gasteiger partial charge in [0.2, 0.25) is 5.82 Å². The molecular formula is C18H25FN6O2. The van der Waals surface area contributed by atoms with Crippen molar-refractivity contribution in [2.24, 2.45) is 7.05 Å². The molecule has 0 radical (unpaired) electrons. The number of piperazine rings is 1. The van der Waals surface area contributed by atoms with Crippen molar-refractivity contribution in [2.75, 3.05) is 49.5 Å². The Hall–Kier alpha value is -2.68. The van der Waals surface area contributed by atoms with Gasteiger partial charge in [-0.25, -0.2) is 9.07 Å². The highest BCUT2D eigenvalue weighted by molar-refractivity contribution is 5.59. The number of anilines is 2. The number of nitrogens with zero attached hydrogens (tertiary/aromatic N) is 5. The molecule has 1 aromatic heterocycles.